The smallest absolute Gasteiger partial charge is 0.246 e. The molecular weight excluding hydrogens is 388 g/mol. The number of aryl methyl sites for hydroxylation is 1. The number of likely N-dealkylation sites (tertiary alicyclic amines) is 1. The molecule has 3 aromatic rings. The standard InChI is InChI=1S/C22H23F2N5O.H2/c1-14-6-17(16-4-3-5-28(12-16)15(2)30)8-20(7-14)26-22-25-13-29(27-22)21-10-18(23)9-19(24)11-21;/h6-11,13,16H,3-5,12H2,1-2H3,(H,26,27);1H. The van der Waals surface area contributed by atoms with Gasteiger partial charge in [-0.3, -0.25) is 4.79 Å². The maximum absolute atomic E-state index is 13.5. The van der Waals surface area contributed by atoms with E-state index in [0.717, 1.165) is 48.8 Å². The van der Waals surface area contributed by atoms with Crippen LogP contribution in [0.2, 0.25) is 0 Å². The number of nitrogens with zero attached hydrogens (tertiary/aromatic N) is 4. The molecule has 0 aliphatic carbocycles. The van der Waals surface area contributed by atoms with E-state index in [9.17, 15) is 13.6 Å². The molecule has 4 rings (SSSR count). The van der Waals surface area contributed by atoms with Crippen molar-refractivity contribution in [3.63, 3.8) is 0 Å². The zero-order valence-corrected chi connectivity index (χ0v) is 16.9. The van der Waals surface area contributed by atoms with Gasteiger partial charge in [0, 0.05) is 39.1 Å². The van der Waals surface area contributed by atoms with Crippen molar-refractivity contribution in [3.8, 4) is 5.69 Å². The molecule has 6 nitrogen and oxygen atoms in total. The van der Waals surface area contributed by atoms with Crippen LogP contribution in [0.25, 0.3) is 5.69 Å². The van der Waals surface area contributed by atoms with E-state index < -0.39 is 11.6 Å². The minimum absolute atomic E-state index is 0. The van der Waals surface area contributed by atoms with Crippen molar-refractivity contribution in [1.82, 2.24) is 19.7 Å². The molecule has 0 saturated carbocycles. The molecule has 2 heterocycles. The molecule has 1 aliphatic heterocycles. The average molecular weight is 413 g/mol. The molecule has 0 bridgehead atoms. The van der Waals surface area contributed by atoms with Crippen LogP contribution in [0.4, 0.5) is 20.4 Å². The molecule has 0 radical (unpaired) electrons. The van der Waals surface area contributed by atoms with E-state index in [0.29, 0.717) is 5.95 Å². The third-order valence-electron chi connectivity index (χ3n) is 5.30. The van der Waals surface area contributed by atoms with Crippen molar-refractivity contribution in [1.29, 1.82) is 0 Å². The van der Waals surface area contributed by atoms with Gasteiger partial charge in [-0.15, -0.1) is 5.10 Å². The number of halogens is 2. The second-order valence-corrected chi connectivity index (χ2v) is 7.70. The molecule has 158 valence electrons. The normalized spacial score (nSPS) is 16.5. The summed E-state index contributed by atoms with van der Waals surface area (Å²) in [7, 11) is 0. The lowest BCUT2D eigenvalue weighted by Crippen LogP contribution is -2.37. The second-order valence-electron chi connectivity index (χ2n) is 7.70. The van der Waals surface area contributed by atoms with Gasteiger partial charge in [-0.25, -0.2) is 13.5 Å². The van der Waals surface area contributed by atoms with Crippen LogP contribution in [0.15, 0.2) is 42.7 Å². The summed E-state index contributed by atoms with van der Waals surface area (Å²) < 4.78 is 28.3. The molecule has 2 aromatic carbocycles. The van der Waals surface area contributed by atoms with Gasteiger partial charge in [-0.2, -0.15) is 4.98 Å². The third-order valence-corrected chi connectivity index (χ3v) is 5.30. The first kappa shape index (κ1) is 20.0. The minimum Gasteiger partial charge on any atom is -0.342 e. The largest absolute Gasteiger partial charge is 0.342 e. The fraction of sp³-hybridized carbons (Fsp3) is 0.318. The van der Waals surface area contributed by atoms with Crippen LogP contribution in [0.5, 0.6) is 0 Å². The van der Waals surface area contributed by atoms with Crippen LogP contribution in [0, 0.1) is 18.6 Å². The van der Waals surface area contributed by atoms with E-state index >= 15 is 0 Å². The van der Waals surface area contributed by atoms with Crippen LogP contribution in [0.3, 0.4) is 0 Å². The summed E-state index contributed by atoms with van der Waals surface area (Å²) in [6.45, 7) is 5.15. The number of hydrogen-bond donors (Lipinski definition) is 1. The Balaban J connectivity index is 0.00000272. The molecule has 1 unspecified atom stereocenters. The Morgan fingerprint density at radius 2 is 1.93 bits per heavy atom. The number of carbonyl (C=O) groups is 1. The fourth-order valence-electron chi connectivity index (χ4n) is 3.90. The van der Waals surface area contributed by atoms with Crippen molar-refractivity contribution in [2.24, 2.45) is 0 Å². The van der Waals surface area contributed by atoms with Crippen LogP contribution >= 0.6 is 0 Å². The van der Waals surface area contributed by atoms with E-state index in [1.54, 1.807) is 6.92 Å². The average Bonchev–Trinajstić information content (AvgIpc) is 3.15. The van der Waals surface area contributed by atoms with Crippen molar-refractivity contribution >= 4 is 17.5 Å². The monoisotopic (exact) mass is 413 g/mol. The Bertz CT molecular complexity index is 1070. The molecule has 1 aliphatic rings. The lowest BCUT2D eigenvalue weighted by Gasteiger charge is -2.32. The highest BCUT2D eigenvalue weighted by Crippen LogP contribution is 2.30. The Morgan fingerprint density at radius 1 is 1.17 bits per heavy atom. The van der Waals surface area contributed by atoms with Crippen LogP contribution in [-0.4, -0.2) is 38.7 Å². The molecular formula is C22H25F2N5O. The van der Waals surface area contributed by atoms with E-state index in [2.05, 4.69) is 21.5 Å². The molecule has 1 saturated heterocycles. The zero-order chi connectivity index (χ0) is 21.3. The Kier molecular flexibility index (Phi) is 5.48. The maximum atomic E-state index is 13.5. The third kappa shape index (κ3) is 4.48. The van der Waals surface area contributed by atoms with Crippen molar-refractivity contribution in [3.05, 3.63) is 65.5 Å². The predicted octanol–water partition coefficient (Wildman–Crippen LogP) is 4.57. The molecule has 1 atom stereocenters. The summed E-state index contributed by atoms with van der Waals surface area (Å²) in [4.78, 5) is 17.9. The lowest BCUT2D eigenvalue weighted by atomic mass is 9.89. The number of rotatable bonds is 4. The summed E-state index contributed by atoms with van der Waals surface area (Å²) in [5.74, 6) is -0.640. The number of nitrogens with one attached hydrogen (secondary N) is 1. The topological polar surface area (TPSA) is 63.1 Å². The van der Waals surface area contributed by atoms with Gasteiger partial charge in [-0.05, 0) is 55.2 Å². The van der Waals surface area contributed by atoms with Gasteiger partial charge in [0.15, 0.2) is 0 Å². The van der Waals surface area contributed by atoms with E-state index in [4.69, 9.17) is 0 Å². The maximum Gasteiger partial charge on any atom is 0.246 e. The van der Waals surface area contributed by atoms with E-state index in [1.165, 1.54) is 23.1 Å². The quantitative estimate of drug-likeness (QED) is 0.681. The molecule has 1 aromatic heterocycles. The first-order chi connectivity index (χ1) is 14.4. The first-order valence-corrected chi connectivity index (χ1v) is 9.89. The summed E-state index contributed by atoms with van der Waals surface area (Å²) in [5, 5.41) is 7.44. The lowest BCUT2D eigenvalue weighted by molar-refractivity contribution is -0.130. The highest BCUT2D eigenvalue weighted by molar-refractivity contribution is 5.73. The SMILES string of the molecule is CC(=O)N1CCCC(c2cc(C)cc(Nc3ncn(-c4cc(F)cc(F)c4)n3)c2)C1.[HH]. The predicted molar refractivity (Wildman–Crippen MR) is 112 cm³/mol. The molecule has 8 heteroatoms. The minimum atomic E-state index is -0.676. The summed E-state index contributed by atoms with van der Waals surface area (Å²) in [6, 6.07) is 9.36. The second kappa shape index (κ2) is 8.22. The molecule has 1 amide bonds. The van der Waals surface area contributed by atoms with Gasteiger partial charge in [0.1, 0.15) is 18.0 Å². The number of hydrogen-bond acceptors (Lipinski definition) is 4. The number of piperidine rings is 1. The van der Waals surface area contributed by atoms with Gasteiger partial charge in [0.25, 0.3) is 0 Å². The van der Waals surface area contributed by atoms with Crippen molar-refractivity contribution < 1.29 is 15.0 Å². The molecule has 30 heavy (non-hydrogen) atoms. The Hall–Kier alpha value is -3.29. The van der Waals surface area contributed by atoms with Gasteiger partial charge >= 0.3 is 0 Å². The van der Waals surface area contributed by atoms with Crippen molar-refractivity contribution in [2.45, 2.75) is 32.6 Å². The number of amides is 1. The highest BCUT2D eigenvalue weighted by atomic mass is 19.1. The van der Waals surface area contributed by atoms with Crippen LogP contribution in [-0.2, 0) is 4.79 Å². The van der Waals surface area contributed by atoms with Gasteiger partial charge < -0.3 is 10.2 Å². The Morgan fingerprint density at radius 3 is 2.67 bits per heavy atom. The Labute approximate surface area is 175 Å². The number of carbonyl (C=O) groups excluding carboxylic acids is 1. The zero-order valence-electron chi connectivity index (χ0n) is 16.9. The first-order valence-electron chi connectivity index (χ1n) is 9.89. The van der Waals surface area contributed by atoms with Crippen LogP contribution < -0.4 is 5.32 Å². The number of benzene rings is 2. The number of anilines is 2. The van der Waals surface area contributed by atoms with E-state index in [-0.39, 0.29) is 18.9 Å². The van der Waals surface area contributed by atoms with Gasteiger partial charge in [0.2, 0.25) is 11.9 Å². The van der Waals surface area contributed by atoms with E-state index in [1.807, 2.05) is 24.0 Å². The summed E-state index contributed by atoms with van der Waals surface area (Å²) in [5.41, 5.74) is 3.33. The van der Waals surface area contributed by atoms with Crippen LogP contribution in [0.1, 0.15) is 38.2 Å². The van der Waals surface area contributed by atoms with Gasteiger partial charge in [0.05, 0.1) is 5.69 Å². The molecule has 1 N–H and O–H groups in total. The fourth-order valence-corrected chi connectivity index (χ4v) is 3.90. The van der Waals surface area contributed by atoms with Gasteiger partial charge in [-0.1, -0.05) is 6.07 Å². The molecule has 0 spiro atoms. The van der Waals surface area contributed by atoms with Crippen molar-refractivity contribution in [2.75, 3.05) is 18.4 Å². The number of aromatic nitrogens is 3. The summed E-state index contributed by atoms with van der Waals surface area (Å²) >= 11 is 0. The molecule has 1 fully saturated rings. The summed E-state index contributed by atoms with van der Waals surface area (Å²) in [6.07, 6.45) is 3.42. The highest BCUT2D eigenvalue weighted by Gasteiger charge is 2.23.